The van der Waals surface area contributed by atoms with Crippen LogP contribution < -0.4 is 5.32 Å². The summed E-state index contributed by atoms with van der Waals surface area (Å²) >= 11 is 0. The van der Waals surface area contributed by atoms with Crippen molar-refractivity contribution < 1.29 is 0 Å². The third-order valence-corrected chi connectivity index (χ3v) is 5.61. The number of hydrogen-bond donors (Lipinski definition) is 1. The zero-order valence-corrected chi connectivity index (χ0v) is 15.8. The average molecular weight is 297 g/mol. The van der Waals surface area contributed by atoms with Gasteiger partial charge in [-0.25, -0.2) is 0 Å². The molecule has 1 saturated carbocycles. The van der Waals surface area contributed by atoms with E-state index in [9.17, 15) is 0 Å². The van der Waals surface area contributed by atoms with Gasteiger partial charge in [0, 0.05) is 24.7 Å². The van der Waals surface area contributed by atoms with Crippen LogP contribution in [-0.4, -0.2) is 36.6 Å². The van der Waals surface area contributed by atoms with Crippen LogP contribution >= 0.6 is 0 Å². The van der Waals surface area contributed by atoms with Gasteiger partial charge in [0.25, 0.3) is 0 Å². The summed E-state index contributed by atoms with van der Waals surface area (Å²) in [5.41, 5.74) is 0.635. The largest absolute Gasteiger partial charge is 0.311 e. The standard InChI is InChI=1S/C19H40N2/c1-8-19(9-2,14-20-18(4,5)6)15-21(7)17-12-10-11-16(3)13-17/h16-17,20H,8-15H2,1-7H3. The summed E-state index contributed by atoms with van der Waals surface area (Å²) in [5.74, 6) is 0.913. The molecule has 0 spiro atoms. The predicted molar refractivity (Wildman–Crippen MR) is 94.8 cm³/mol. The molecule has 1 rings (SSSR count). The molecule has 0 aromatic rings. The lowest BCUT2D eigenvalue weighted by atomic mass is 9.79. The van der Waals surface area contributed by atoms with Crippen LogP contribution in [0.1, 0.15) is 80.1 Å². The maximum atomic E-state index is 3.76. The van der Waals surface area contributed by atoms with Crippen molar-refractivity contribution >= 4 is 0 Å². The van der Waals surface area contributed by atoms with E-state index in [4.69, 9.17) is 0 Å². The Morgan fingerprint density at radius 1 is 1.10 bits per heavy atom. The van der Waals surface area contributed by atoms with E-state index in [1.807, 2.05) is 0 Å². The molecule has 1 aliphatic carbocycles. The summed E-state index contributed by atoms with van der Waals surface area (Å²) in [6.07, 6.45) is 8.17. The summed E-state index contributed by atoms with van der Waals surface area (Å²) in [6.45, 7) is 16.3. The quantitative estimate of drug-likeness (QED) is 0.733. The summed E-state index contributed by atoms with van der Waals surface area (Å²) in [4.78, 5) is 2.67. The minimum absolute atomic E-state index is 0.216. The van der Waals surface area contributed by atoms with Gasteiger partial charge in [-0.1, -0.05) is 33.6 Å². The Morgan fingerprint density at radius 2 is 1.71 bits per heavy atom. The monoisotopic (exact) mass is 296 g/mol. The molecule has 2 unspecified atom stereocenters. The third-order valence-electron chi connectivity index (χ3n) is 5.61. The highest BCUT2D eigenvalue weighted by molar-refractivity contribution is 4.88. The van der Waals surface area contributed by atoms with Gasteiger partial charge in [-0.15, -0.1) is 0 Å². The van der Waals surface area contributed by atoms with Gasteiger partial charge in [-0.3, -0.25) is 0 Å². The van der Waals surface area contributed by atoms with Crippen LogP contribution in [0.2, 0.25) is 0 Å². The Bertz CT molecular complexity index is 288. The minimum Gasteiger partial charge on any atom is -0.311 e. The molecule has 0 bridgehead atoms. The SMILES string of the molecule is CCC(CC)(CNC(C)(C)C)CN(C)C1CCCC(C)C1. The summed E-state index contributed by atoms with van der Waals surface area (Å²) in [6, 6.07) is 0.806. The summed E-state index contributed by atoms with van der Waals surface area (Å²) in [5, 5.41) is 3.76. The fraction of sp³-hybridized carbons (Fsp3) is 1.00. The van der Waals surface area contributed by atoms with E-state index in [2.05, 4.69) is 58.8 Å². The second-order valence-corrected chi connectivity index (χ2v) is 8.65. The lowest BCUT2D eigenvalue weighted by molar-refractivity contribution is 0.0874. The normalized spacial score (nSPS) is 24.6. The van der Waals surface area contributed by atoms with E-state index in [1.54, 1.807) is 0 Å². The highest BCUT2D eigenvalue weighted by Gasteiger charge is 2.32. The molecule has 0 aromatic carbocycles. The molecule has 126 valence electrons. The Kier molecular flexibility index (Phi) is 7.19. The van der Waals surface area contributed by atoms with Crippen molar-refractivity contribution in [2.24, 2.45) is 11.3 Å². The van der Waals surface area contributed by atoms with Crippen LogP contribution in [0.25, 0.3) is 0 Å². The van der Waals surface area contributed by atoms with E-state index < -0.39 is 0 Å². The highest BCUT2D eigenvalue weighted by Crippen LogP contribution is 2.32. The molecule has 21 heavy (non-hydrogen) atoms. The van der Waals surface area contributed by atoms with Gasteiger partial charge < -0.3 is 10.2 Å². The Hall–Kier alpha value is -0.0800. The predicted octanol–water partition coefficient (Wildman–Crippen LogP) is 4.69. The van der Waals surface area contributed by atoms with Crippen molar-refractivity contribution in [2.45, 2.75) is 91.6 Å². The second-order valence-electron chi connectivity index (χ2n) is 8.65. The van der Waals surface area contributed by atoms with E-state index in [-0.39, 0.29) is 5.54 Å². The molecule has 1 aliphatic rings. The molecule has 1 N–H and O–H groups in total. The number of rotatable bonds is 7. The molecular weight excluding hydrogens is 256 g/mol. The average Bonchev–Trinajstić information content (AvgIpc) is 2.42. The maximum absolute atomic E-state index is 3.76. The van der Waals surface area contributed by atoms with E-state index in [0.717, 1.165) is 18.5 Å². The first-order valence-electron chi connectivity index (χ1n) is 9.16. The molecule has 2 heteroatoms. The lowest BCUT2D eigenvalue weighted by Gasteiger charge is -2.42. The van der Waals surface area contributed by atoms with Crippen molar-refractivity contribution in [1.82, 2.24) is 10.2 Å². The fourth-order valence-corrected chi connectivity index (χ4v) is 3.69. The highest BCUT2D eigenvalue weighted by atomic mass is 15.1. The molecule has 0 amide bonds. The van der Waals surface area contributed by atoms with Crippen LogP contribution in [0.5, 0.6) is 0 Å². The van der Waals surface area contributed by atoms with E-state index in [0.29, 0.717) is 5.41 Å². The van der Waals surface area contributed by atoms with Crippen molar-refractivity contribution in [3.63, 3.8) is 0 Å². The van der Waals surface area contributed by atoms with Gasteiger partial charge in [-0.2, -0.15) is 0 Å². The molecule has 1 fully saturated rings. The Labute approximate surface area is 134 Å². The van der Waals surface area contributed by atoms with Gasteiger partial charge in [-0.05, 0) is 64.8 Å². The zero-order valence-electron chi connectivity index (χ0n) is 15.8. The Morgan fingerprint density at radius 3 is 2.19 bits per heavy atom. The Balaban J connectivity index is 2.63. The first kappa shape index (κ1) is 19.0. The summed E-state index contributed by atoms with van der Waals surface area (Å²) < 4.78 is 0. The molecule has 0 aromatic heterocycles. The number of hydrogen-bond acceptors (Lipinski definition) is 2. The molecule has 0 heterocycles. The number of nitrogens with zero attached hydrogens (tertiary/aromatic N) is 1. The van der Waals surface area contributed by atoms with Gasteiger partial charge in [0.2, 0.25) is 0 Å². The molecule has 0 radical (unpaired) electrons. The topological polar surface area (TPSA) is 15.3 Å². The van der Waals surface area contributed by atoms with Crippen molar-refractivity contribution in [2.75, 3.05) is 20.1 Å². The smallest absolute Gasteiger partial charge is 0.00967 e. The maximum Gasteiger partial charge on any atom is 0.00967 e. The van der Waals surface area contributed by atoms with Crippen molar-refractivity contribution in [3.05, 3.63) is 0 Å². The molecular formula is C19H40N2. The zero-order chi connectivity index (χ0) is 16.1. The van der Waals surface area contributed by atoms with Crippen LogP contribution in [0.4, 0.5) is 0 Å². The lowest BCUT2D eigenvalue weighted by Crippen LogP contribution is -2.50. The van der Waals surface area contributed by atoms with Gasteiger partial charge in [0.1, 0.15) is 0 Å². The first-order chi connectivity index (χ1) is 9.71. The number of nitrogens with one attached hydrogen (secondary N) is 1. The second kappa shape index (κ2) is 7.97. The van der Waals surface area contributed by atoms with Gasteiger partial charge >= 0.3 is 0 Å². The molecule has 0 aliphatic heterocycles. The molecule has 0 saturated heterocycles. The van der Waals surface area contributed by atoms with Crippen LogP contribution in [0, 0.1) is 11.3 Å². The van der Waals surface area contributed by atoms with E-state index >= 15 is 0 Å². The van der Waals surface area contributed by atoms with Crippen molar-refractivity contribution in [3.8, 4) is 0 Å². The van der Waals surface area contributed by atoms with Crippen LogP contribution in [-0.2, 0) is 0 Å². The van der Waals surface area contributed by atoms with Crippen molar-refractivity contribution in [1.29, 1.82) is 0 Å². The van der Waals surface area contributed by atoms with E-state index in [1.165, 1.54) is 45.1 Å². The first-order valence-corrected chi connectivity index (χ1v) is 9.16. The molecule has 2 atom stereocenters. The van der Waals surface area contributed by atoms with Crippen LogP contribution in [0.3, 0.4) is 0 Å². The minimum atomic E-state index is 0.216. The van der Waals surface area contributed by atoms with Crippen LogP contribution in [0.15, 0.2) is 0 Å². The molecule has 2 nitrogen and oxygen atoms in total. The van der Waals surface area contributed by atoms with Gasteiger partial charge in [0.15, 0.2) is 0 Å². The summed E-state index contributed by atoms with van der Waals surface area (Å²) in [7, 11) is 2.36. The fourth-order valence-electron chi connectivity index (χ4n) is 3.69. The van der Waals surface area contributed by atoms with Gasteiger partial charge in [0.05, 0.1) is 0 Å². The third kappa shape index (κ3) is 6.28.